The molecular formula is C30H24N4O2. The smallest absolute Gasteiger partial charge is 0.115 e. The van der Waals surface area contributed by atoms with Crippen LogP contribution < -0.4 is 10.9 Å². The van der Waals surface area contributed by atoms with Crippen LogP contribution in [-0.2, 0) is 0 Å². The fraction of sp³-hybridized carbons (Fsp3) is 0. The van der Waals surface area contributed by atoms with Crippen LogP contribution in [0.3, 0.4) is 0 Å². The fourth-order valence-electron chi connectivity index (χ4n) is 3.65. The summed E-state index contributed by atoms with van der Waals surface area (Å²) in [4.78, 5) is 0. The van der Waals surface area contributed by atoms with Crippen LogP contribution in [0.2, 0.25) is 0 Å². The highest BCUT2D eigenvalue weighted by atomic mass is 16.3. The molecule has 0 spiro atoms. The van der Waals surface area contributed by atoms with E-state index in [9.17, 15) is 10.2 Å². The van der Waals surface area contributed by atoms with Crippen LogP contribution in [0.1, 0.15) is 0 Å². The van der Waals surface area contributed by atoms with Gasteiger partial charge in [0, 0.05) is 0 Å². The quantitative estimate of drug-likeness (QED) is 0.109. The largest absolute Gasteiger partial charge is 0.508 e. The van der Waals surface area contributed by atoms with Crippen molar-refractivity contribution in [3.8, 4) is 33.8 Å². The van der Waals surface area contributed by atoms with Crippen molar-refractivity contribution < 1.29 is 10.2 Å². The summed E-state index contributed by atoms with van der Waals surface area (Å²) in [7, 11) is 0. The second kappa shape index (κ2) is 10.4. The molecule has 5 rings (SSSR count). The Kier molecular flexibility index (Phi) is 6.58. The number of phenolic OH excluding ortho intramolecular Hbond substituents is 2. The summed E-state index contributed by atoms with van der Waals surface area (Å²) < 4.78 is 0. The van der Waals surface area contributed by atoms with Crippen LogP contribution >= 0.6 is 0 Å². The number of hydrogen-bond donors (Lipinski definition) is 4. The molecule has 0 saturated carbocycles. The zero-order valence-corrected chi connectivity index (χ0v) is 19.3. The zero-order chi connectivity index (χ0) is 24.7. The molecule has 5 aromatic rings. The van der Waals surface area contributed by atoms with Gasteiger partial charge in [-0.15, -0.1) is 0 Å². The van der Waals surface area contributed by atoms with Gasteiger partial charge in [0.1, 0.15) is 11.5 Å². The van der Waals surface area contributed by atoms with Gasteiger partial charge in [-0.1, -0.05) is 48.5 Å². The van der Waals surface area contributed by atoms with Crippen molar-refractivity contribution in [3.63, 3.8) is 0 Å². The van der Waals surface area contributed by atoms with Gasteiger partial charge >= 0.3 is 0 Å². The topological polar surface area (TPSA) is 89.2 Å². The number of hydrazine groups is 1. The summed E-state index contributed by atoms with van der Waals surface area (Å²) in [6.45, 7) is 0. The van der Waals surface area contributed by atoms with Gasteiger partial charge in [0.05, 0.1) is 22.7 Å². The Hall–Kier alpha value is -5.10. The first-order chi connectivity index (χ1) is 17.6. The van der Waals surface area contributed by atoms with Crippen molar-refractivity contribution in [2.75, 3.05) is 10.9 Å². The van der Waals surface area contributed by atoms with Gasteiger partial charge in [-0.25, -0.2) is 0 Å². The summed E-state index contributed by atoms with van der Waals surface area (Å²) in [5.74, 6) is 0.444. The van der Waals surface area contributed by atoms with Gasteiger partial charge in [0.25, 0.3) is 0 Å². The third-order valence-corrected chi connectivity index (χ3v) is 5.65. The van der Waals surface area contributed by atoms with E-state index in [4.69, 9.17) is 0 Å². The molecule has 0 heterocycles. The monoisotopic (exact) mass is 472 g/mol. The highest BCUT2D eigenvalue weighted by molar-refractivity contribution is 5.72. The molecular weight excluding hydrogens is 448 g/mol. The first-order valence-corrected chi connectivity index (χ1v) is 11.5. The van der Waals surface area contributed by atoms with E-state index in [1.165, 1.54) is 0 Å². The van der Waals surface area contributed by atoms with Crippen LogP contribution in [0, 0.1) is 0 Å². The molecule has 5 aromatic carbocycles. The summed E-state index contributed by atoms with van der Waals surface area (Å²) >= 11 is 0. The molecule has 36 heavy (non-hydrogen) atoms. The van der Waals surface area contributed by atoms with E-state index in [0.717, 1.165) is 39.3 Å². The maximum Gasteiger partial charge on any atom is 0.115 e. The average Bonchev–Trinajstić information content (AvgIpc) is 2.93. The SMILES string of the molecule is Oc1ccc(N=Nc2ccc(-c3ccc(-c4ccc(NNc5ccc(O)cc5)cc4)cc3)cc2)cc1. The van der Waals surface area contributed by atoms with Crippen LogP contribution in [0.15, 0.2) is 132 Å². The van der Waals surface area contributed by atoms with Crippen molar-refractivity contribution in [1.29, 1.82) is 0 Å². The molecule has 0 fully saturated rings. The van der Waals surface area contributed by atoms with Crippen molar-refractivity contribution in [3.05, 3.63) is 121 Å². The second-order valence-electron chi connectivity index (χ2n) is 8.21. The number of rotatable bonds is 7. The molecule has 176 valence electrons. The minimum Gasteiger partial charge on any atom is -0.508 e. The van der Waals surface area contributed by atoms with Gasteiger partial charge in [0.2, 0.25) is 0 Å². The molecule has 6 heteroatoms. The molecule has 6 nitrogen and oxygen atoms in total. The molecule has 0 aliphatic heterocycles. The number of azo groups is 1. The van der Waals surface area contributed by atoms with Gasteiger partial charge in [0.15, 0.2) is 0 Å². The third kappa shape index (κ3) is 5.69. The number of nitrogens with zero attached hydrogens (tertiary/aromatic N) is 2. The highest BCUT2D eigenvalue weighted by Crippen LogP contribution is 2.28. The number of anilines is 2. The van der Waals surface area contributed by atoms with E-state index in [1.807, 2.05) is 36.4 Å². The predicted molar refractivity (Wildman–Crippen MR) is 145 cm³/mol. The summed E-state index contributed by atoms with van der Waals surface area (Å²) in [5, 5.41) is 27.2. The first kappa shape index (κ1) is 22.7. The van der Waals surface area contributed by atoms with Crippen LogP contribution in [0.25, 0.3) is 22.3 Å². The first-order valence-electron chi connectivity index (χ1n) is 11.5. The third-order valence-electron chi connectivity index (χ3n) is 5.65. The van der Waals surface area contributed by atoms with Crippen molar-refractivity contribution in [2.45, 2.75) is 0 Å². The molecule has 0 atom stereocenters. The molecule has 0 radical (unpaired) electrons. The van der Waals surface area contributed by atoms with Crippen molar-refractivity contribution >= 4 is 22.7 Å². The van der Waals surface area contributed by atoms with Crippen molar-refractivity contribution in [2.24, 2.45) is 10.2 Å². The van der Waals surface area contributed by atoms with Crippen LogP contribution in [-0.4, -0.2) is 10.2 Å². The van der Waals surface area contributed by atoms with E-state index in [0.29, 0.717) is 5.69 Å². The number of benzene rings is 5. The van der Waals surface area contributed by atoms with E-state index >= 15 is 0 Å². The lowest BCUT2D eigenvalue weighted by Gasteiger charge is -2.11. The molecule has 0 saturated heterocycles. The van der Waals surface area contributed by atoms with E-state index in [-0.39, 0.29) is 11.5 Å². The molecule has 0 aliphatic rings. The van der Waals surface area contributed by atoms with Gasteiger partial charge in [-0.05, 0) is 95.1 Å². The molecule has 0 amide bonds. The van der Waals surface area contributed by atoms with Gasteiger partial charge in [-0.2, -0.15) is 10.2 Å². The van der Waals surface area contributed by atoms with Gasteiger partial charge < -0.3 is 21.1 Å². The molecule has 0 unspecified atom stereocenters. The number of nitrogens with one attached hydrogen (secondary N) is 2. The van der Waals surface area contributed by atoms with Crippen molar-refractivity contribution in [1.82, 2.24) is 0 Å². The summed E-state index contributed by atoms with van der Waals surface area (Å²) in [6.07, 6.45) is 0. The maximum absolute atomic E-state index is 9.37. The molecule has 0 bridgehead atoms. The Morgan fingerprint density at radius 1 is 0.361 bits per heavy atom. The van der Waals surface area contributed by atoms with E-state index in [2.05, 4.69) is 57.5 Å². The Bertz CT molecular complexity index is 1440. The normalized spacial score (nSPS) is 10.9. The Labute approximate surface area is 209 Å². The van der Waals surface area contributed by atoms with Crippen LogP contribution in [0.4, 0.5) is 22.7 Å². The van der Waals surface area contributed by atoms with Gasteiger partial charge in [-0.3, -0.25) is 0 Å². The Balaban J connectivity index is 1.21. The standard InChI is InChI=1S/C30H24N4O2/c35-29-17-13-27(14-18-29)33-31-25-9-5-23(6-10-25)21-1-2-22(4-3-21)24-7-11-26(12-8-24)32-34-28-15-19-30(36)20-16-28/h1-20,31,33,35-36H. The number of aromatic hydroxyl groups is 2. The second-order valence-corrected chi connectivity index (χ2v) is 8.21. The number of hydrogen-bond acceptors (Lipinski definition) is 6. The zero-order valence-electron chi connectivity index (χ0n) is 19.3. The molecule has 0 aliphatic carbocycles. The molecule has 4 N–H and O–H groups in total. The maximum atomic E-state index is 9.37. The minimum atomic E-state index is 0.206. The summed E-state index contributed by atoms with van der Waals surface area (Å²) in [5.41, 5.74) is 14.0. The lowest BCUT2D eigenvalue weighted by atomic mass is 10.00. The number of phenols is 2. The average molecular weight is 473 g/mol. The summed E-state index contributed by atoms with van der Waals surface area (Å²) in [6, 6.07) is 38.0. The van der Waals surface area contributed by atoms with Crippen LogP contribution in [0.5, 0.6) is 11.5 Å². The predicted octanol–water partition coefficient (Wildman–Crippen LogP) is 8.29. The lowest BCUT2D eigenvalue weighted by Crippen LogP contribution is -2.07. The fourth-order valence-corrected chi connectivity index (χ4v) is 3.65. The highest BCUT2D eigenvalue weighted by Gasteiger charge is 2.02. The Morgan fingerprint density at radius 2 is 0.639 bits per heavy atom. The minimum absolute atomic E-state index is 0.206. The molecule has 0 aromatic heterocycles. The van der Waals surface area contributed by atoms with E-state index in [1.54, 1.807) is 48.5 Å². The Morgan fingerprint density at radius 3 is 1.06 bits per heavy atom. The lowest BCUT2D eigenvalue weighted by molar-refractivity contribution is 0.475. The van der Waals surface area contributed by atoms with E-state index < -0.39 is 0 Å².